The van der Waals surface area contributed by atoms with Crippen molar-refractivity contribution in [1.29, 1.82) is 5.41 Å². The summed E-state index contributed by atoms with van der Waals surface area (Å²) in [6.45, 7) is 2.01. The van der Waals surface area contributed by atoms with Gasteiger partial charge in [0.25, 0.3) is 0 Å². The van der Waals surface area contributed by atoms with Crippen LogP contribution in [0.4, 0.5) is 5.69 Å². The van der Waals surface area contributed by atoms with Crippen molar-refractivity contribution in [1.82, 2.24) is 5.32 Å². The maximum atomic E-state index is 11.1. The molecule has 1 aromatic carbocycles. The third kappa shape index (κ3) is 4.27. The first kappa shape index (κ1) is 17.1. The number of para-hydroxylation sites is 1. The minimum atomic E-state index is -0.283. The highest BCUT2D eigenvalue weighted by Gasteiger charge is 2.28. The molecule has 1 saturated carbocycles. The first-order valence-electron chi connectivity index (χ1n) is 6.06. The zero-order chi connectivity index (χ0) is 14.0. The lowest BCUT2D eigenvalue weighted by atomic mass is 10.2. The van der Waals surface area contributed by atoms with Crippen molar-refractivity contribution in [3.05, 3.63) is 28.2 Å². The molecule has 1 aromatic rings. The Morgan fingerprint density at radius 3 is 2.40 bits per heavy atom. The zero-order valence-corrected chi connectivity index (χ0v) is 13.3. The van der Waals surface area contributed by atoms with Crippen molar-refractivity contribution in [3.8, 4) is 0 Å². The van der Waals surface area contributed by atoms with Gasteiger partial charge >= 0.3 is 0 Å². The number of guanidine groups is 1. The summed E-state index contributed by atoms with van der Waals surface area (Å²) in [6, 6.07) is 5.21. The molecule has 1 amide bonds. The summed E-state index contributed by atoms with van der Waals surface area (Å²) >= 11 is 12.3. The molecule has 1 aliphatic carbocycles. The average molecular weight is 337 g/mol. The number of carbonyl (C=O) groups excluding carboxylic acids is 1. The predicted molar refractivity (Wildman–Crippen MR) is 85.3 cm³/mol. The van der Waals surface area contributed by atoms with Crippen molar-refractivity contribution < 1.29 is 4.79 Å². The molecule has 110 valence electrons. The lowest BCUT2D eigenvalue weighted by molar-refractivity contribution is -0.117. The van der Waals surface area contributed by atoms with Gasteiger partial charge in [-0.05, 0) is 30.9 Å². The van der Waals surface area contributed by atoms with Crippen molar-refractivity contribution in [3.63, 3.8) is 0 Å². The number of hydrogen-bond donors (Lipinski definition) is 2. The molecule has 20 heavy (non-hydrogen) atoms. The second-order valence-corrected chi connectivity index (χ2v) is 5.47. The van der Waals surface area contributed by atoms with Gasteiger partial charge < -0.3 is 4.90 Å². The summed E-state index contributed by atoms with van der Waals surface area (Å²) in [4.78, 5) is 12.8. The van der Waals surface area contributed by atoms with Crippen molar-refractivity contribution in [2.24, 2.45) is 5.92 Å². The van der Waals surface area contributed by atoms with Crippen molar-refractivity contribution in [2.75, 3.05) is 11.4 Å². The number of rotatable bonds is 3. The number of hydrogen-bond acceptors (Lipinski definition) is 2. The van der Waals surface area contributed by atoms with Crippen LogP contribution in [0, 0.1) is 11.3 Å². The highest BCUT2D eigenvalue weighted by Crippen LogP contribution is 2.37. The quantitative estimate of drug-likeness (QED) is 0.653. The maximum Gasteiger partial charge on any atom is 0.223 e. The van der Waals surface area contributed by atoms with Crippen LogP contribution in [0.25, 0.3) is 0 Å². The van der Waals surface area contributed by atoms with Gasteiger partial charge in [0.1, 0.15) is 0 Å². The largest absolute Gasteiger partial charge is 0.309 e. The van der Waals surface area contributed by atoms with Gasteiger partial charge in [-0.3, -0.25) is 15.5 Å². The van der Waals surface area contributed by atoms with E-state index in [-0.39, 0.29) is 24.3 Å². The molecule has 0 unspecified atom stereocenters. The maximum absolute atomic E-state index is 11.1. The van der Waals surface area contributed by atoms with Crippen LogP contribution in [0.5, 0.6) is 0 Å². The fourth-order valence-electron chi connectivity index (χ4n) is 1.83. The summed E-state index contributed by atoms with van der Waals surface area (Å²) in [5, 5.41) is 11.4. The van der Waals surface area contributed by atoms with E-state index in [9.17, 15) is 4.79 Å². The Morgan fingerprint density at radius 1 is 1.40 bits per heavy atom. The Bertz CT molecular complexity index is 497. The number of anilines is 1. The summed E-state index contributed by atoms with van der Waals surface area (Å²) in [5.74, 6) is 0.254. The summed E-state index contributed by atoms with van der Waals surface area (Å²) in [6.07, 6.45) is 2.26. The highest BCUT2D eigenvalue weighted by atomic mass is 35.5. The molecule has 4 nitrogen and oxygen atoms in total. The van der Waals surface area contributed by atoms with Gasteiger partial charge in [-0.2, -0.15) is 0 Å². The number of nitrogens with zero attached hydrogens (tertiary/aromatic N) is 1. The average Bonchev–Trinajstić information content (AvgIpc) is 3.10. The predicted octanol–water partition coefficient (Wildman–Crippen LogP) is 3.70. The van der Waals surface area contributed by atoms with Crippen LogP contribution in [-0.2, 0) is 4.79 Å². The Kier molecular flexibility index (Phi) is 6.11. The third-order valence-corrected chi connectivity index (χ3v) is 3.52. The van der Waals surface area contributed by atoms with Gasteiger partial charge in [-0.15, -0.1) is 12.4 Å². The molecule has 0 radical (unpaired) electrons. The Morgan fingerprint density at radius 2 is 1.95 bits per heavy atom. The smallest absolute Gasteiger partial charge is 0.223 e. The summed E-state index contributed by atoms with van der Waals surface area (Å²) in [5.41, 5.74) is 0.580. The number of benzene rings is 1. The number of amides is 1. The SMILES string of the molecule is CC(=O)NC(=N)N(CC1CC1)c1c(Cl)cccc1Cl.Cl. The molecule has 0 aliphatic heterocycles. The molecule has 2 N–H and O–H groups in total. The lowest BCUT2D eigenvalue weighted by Crippen LogP contribution is -2.44. The van der Waals surface area contributed by atoms with Gasteiger partial charge in [-0.25, -0.2) is 0 Å². The van der Waals surface area contributed by atoms with E-state index < -0.39 is 0 Å². The lowest BCUT2D eigenvalue weighted by Gasteiger charge is -2.26. The molecule has 0 saturated heterocycles. The second-order valence-electron chi connectivity index (χ2n) is 4.65. The standard InChI is InChI=1S/C13H15Cl2N3O.ClH/c1-8(19)17-13(16)18(7-9-5-6-9)12-10(14)3-2-4-11(12)15;/h2-4,9H,5-7H2,1H3,(H2,16,17,19);1H. The van der Waals surface area contributed by atoms with Gasteiger partial charge in [0.15, 0.2) is 0 Å². The van der Waals surface area contributed by atoms with Gasteiger partial charge in [-0.1, -0.05) is 29.3 Å². The molecule has 2 rings (SSSR count). The van der Waals surface area contributed by atoms with E-state index in [0.29, 0.717) is 28.2 Å². The minimum absolute atomic E-state index is 0. The van der Waals surface area contributed by atoms with E-state index >= 15 is 0 Å². The van der Waals surface area contributed by atoms with Crippen LogP contribution in [0.15, 0.2) is 18.2 Å². The molecule has 1 aliphatic rings. The molecule has 0 spiro atoms. The Hall–Kier alpha value is -0.970. The third-order valence-electron chi connectivity index (χ3n) is 2.91. The fraction of sp³-hybridized carbons (Fsp3) is 0.385. The van der Waals surface area contributed by atoms with E-state index in [0.717, 1.165) is 12.8 Å². The Labute approximate surface area is 134 Å². The number of carbonyl (C=O) groups is 1. The summed E-state index contributed by atoms with van der Waals surface area (Å²) < 4.78 is 0. The monoisotopic (exact) mass is 335 g/mol. The molecule has 7 heteroatoms. The van der Waals surface area contributed by atoms with Crippen LogP contribution in [0.3, 0.4) is 0 Å². The van der Waals surface area contributed by atoms with Crippen LogP contribution in [0.1, 0.15) is 19.8 Å². The van der Waals surface area contributed by atoms with Crippen LogP contribution < -0.4 is 10.2 Å². The van der Waals surface area contributed by atoms with E-state index in [2.05, 4.69) is 5.32 Å². The van der Waals surface area contributed by atoms with Crippen LogP contribution in [-0.4, -0.2) is 18.4 Å². The molecular weight excluding hydrogens is 321 g/mol. The van der Waals surface area contributed by atoms with Crippen molar-refractivity contribution in [2.45, 2.75) is 19.8 Å². The normalized spacial score (nSPS) is 13.3. The Balaban J connectivity index is 0.00000200. The highest BCUT2D eigenvalue weighted by molar-refractivity contribution is 6.40. The number of halogens is 3. The number of nitrogens with one attached hydrogen (secondary N) is 2. The van der Waals surface area contributed by atoms with E-state index in [4.69, 9.17) is 28.6 Å². The molecule has 0 heterocycles. The molecular formula is C13H16Cl3N3O. The minimum Gasteiger partial charge on any atom is -0.309 e. The fourth-order valence-corrected chi connectivity index (χ4v) is 2.44. The first-order chi connectivity index (χ1) is 8.99. The molecule has 0 atom stereocenters. The van der Waals surface area contributed by atoms with E-state index in [1.54, 1.807) is 23.1 Å². The zero-order valence-electron chi connectivity index (χ0n) is 11.0. The molecule has 0 bridgehead atoms. The van der Waals surface area contributed by atoms with Gasteiger partial charge in [0.05, 0.1) is 15.7 Å². The van der Waals surface area contributed by atoms with Gasteiger partial charge in [0.2, 0.25) is 11.9 Å². The van der Waals surface area contributed by atoms with Crippen LogP contribution >= 0.6 is 35.6 Å². The topological polar surface area (TPSA) is 56.2 Å². The van der Waals surface area contributed by atoms with Crippen LogP contribution in [0.2, 0.25) is 10.0 Å². The van der Waals surface area contributed by atoms with E-state index in [1.807, 2.05) is 0 Å². The van der Waals surface area contributed by atoms with Crippen molar-refractivity contribution >= 4 is 53.2 Å². The van der Waals surface area contributed by atoms with E-state index in [1.165, 1.54) is 6.92 Å². The second kappa shape index (κ2) is 7.16. The first-order valence-corrected chi connectivity index (χ1v) is 6.82. The summed E-state index contributed by atoms with van der Waals surface area (Å²) in [7, 11) is 0. The molecule has 0 aromatic heterocycles. The van der Waals surface area contributed by atoms with Gasteiger partial charge in [0, 0.05) is 13.5 Å². The molecule has 1 fully saturated rings.